The molecule has 0 saturated heterocycles. The van der Waals surface area contributed by atoms with Crippen molar-refractivity contribution in [3.63, 3.8) is 0 Å². The van der Waals surface area contributed by atoms with Crippen LogP contribution in [0, 0.1) is 17.8 Å². The average Bonchev–Trinajstić information content (AvgIpc) is 2.29. The second kappa shape index (κ2) is 4.64. The first-order valence-electron chi connectivity index (χ1n) is 6.01. The molecule has 2 aliphatic rings. The summed E-state index contributed by atoms with van der Waals surface area (Å²) in [4.78, 5) is 0. The summed E-state index contributed by atoms with van der Waals surface area (Å²) in [5, 5.41) is 0. The minimum absolute atomic E-state index is 0.224. The van der Waals surface area contributed by atoms with Crippen LogP contribution in [0.4, 0.5) is 13.2 Å². The van der Waals surface area contributed by atoms with Gasteiger partial charge in [-0.1, -0.05) is 43.6 Å². The van der Waals surface area contributed by atoms with E-state index in [1.165, 1.54) is 18.6 Å². The van der Waals surface area contributed by atoms with Crippen molar-refractivity contribution < 1.29 is 13.2 Å². The molecule has 2 rings (SSSR count). The molecule has 0 N–H and O–H groups in total. The van der Waals surface area contributed by atoms with Gasteiger partial charge in [0.05, 0.1) is 5.92 Å². The maximum absolute atomic E-state index is 12.9. The lowest BCUT2D eigenvalue weighted by Crippen LogP contribution is -2.34. The van der Waals surface area contributed by atoms with E-state index < -0.39 is 12.1 Å². The summed E-state index contributed by atoms with van der Waals surface area (Å²) in [6.45, 7) is 0. The van der Waals surface area contributed by atoms with Crippen LogP contribution >= 0.6 is 0 Å². The molecule has 0 aromatic carbocycles. The van der Waals surface area contributed by atoms with Crippen LogP contribution in [-0.2, 0) is 0 Å². The lowest BCUT2D eigenvalue weighted by Gasteiger charge is -2.34. The number of hydrogen-bond donors (Lipinski definition) is 0. The zero-order chi connectivity index (χ0) is 11.6. The molecule has 0 radical (unpaired) electrons. The minimum atomic E-state index is -4.09. The Morgan fingerprint density at radius 3 is 2.12 bits per heavy atom. The highest BCUT2D eigenvalue weighted by Gasteiger charge is 2.45. The SMILES string of the molecule is FC(F)(F)C1C=CC=CC1C1CCCCC1. The van der Waals surface area contributed by atoms with Gasteiger partial charge in [0, 0.05) is 0 Å². The maximum atomic E-state index is 12.9. The van der Waals surface area contributed by atoms with Gasteiger partial charge in [-0.2, -0.15) is 13.2 Å². The van der Waals surface area contributed by atoms with Crippen LogP contribution in [0.1, 0.15) is 32.1 Å². The quantitative estimate of drug-likeness (QED) is 0.622. The fraction of sp³-hybridized carbons (Fsp3) is 0.692. The molecular formula is C13H17F3. The molecule has 0 nitrogen and oxygen atoms in total. The van der Waals surface area contributed by atoms with Gasteiger partial charge in [0.15, 0.2) is 0 Å². The van der Waals surface area contributed by atoms with Gasteiger partial charge in [0.1, 0.15) is 0 Å². The molecule has 1 fully saturated rings. The Hall–Kier alpha value is -0.730. The van der Waals surface area contributed by atoms with Crippen LogP contribution in [0.2, 0.25) is 0 Å². The Labute approximate surface area is 94.2 Å². The van der Waals surface area contributed by atoms with Gasteiger partial charge in [0.25, 0.3) is 0 Å². The highest BCUT2D eigenvalue weighted by Crippen LogP contribution is 2.43. The van der Waals surface area contributed by atoms with E-state index in [9.17, 15) is 13.2 Å². The molecule has 3 heteroatoms. The van der Waals surface area contributed by atoms with Crippen molar-refractivity contribution in [2.24, 2.45) is 17.8 Å². The number of hydrogen-bond acceptors (Lipinski definition) is 0. The van der Waals surface area contributed by atoms with E-state index in [-0.39, 0.29) is 11.8 Å². The van der Waals surface area contributed by atoms with Crippen molar-refractivity contribution in [2.75, 3.05) is 0 Å². The molecule has 0 heterocycles. The molecular weight excluding hydrogens is 213 g/mol. The maximum Gasteiger partial charge on any atom is 0.395 e. The van der Waals surface area contributed by atoms with E-state index in [1.807, 2.05) is 0 Å². The summed E-state index contributed by atoms with van der Waals surface area (Å²) in [6, 6.07) is 0. The Balaban J connectivity index is 2.11. The highest BCUT2D eigenvalue weighted by molar-refractivity contribution is 5.17. The smallest absolute Gasteiger partial charge is 0.170 e. The first-order valence-corrected chi connectivity index (χ1v) is 6.01. The Morgan fingerprint density at radius 2 is 1.50 bits per heavy atom. The predicted molar refractivity (Wildman–Crippen MR) is 57.9 cm³/mol. The largest absolute Gasteiger partial charge is 0.395 e. The number of allylic oxidation sites excluding steroid dienone is 4. The van der Waals surface area contributed by atoms with Gasteiger partial charge in [0.2, 0.25) is 0 Å². The summed E-state index contributed by atoms with van der Waals surface area (Å²) in [6.07, 6.45) is 7.53. The summed E-state index contributed by atoms with van der Waals surface area (Å²) < 4.78 is 38.6. The zero-order valence-corrected chi connectivity index (χ0v) is 9.21. The normalized spacial score (nSPS) is 31.9. The van der Waals surface area contributed by atoms with Crippen molar-refractivity contribution in [3.05, 3.63) is 24.3 Å². The van der Waals surface area contributed by atoms with Crippen LogP contribution in [0.15, 0.2) is 24.3 Å². The van der Waals surface area contributed by atoms with Gasteiger partial charge in [-0.05, 0) is 24.7 Å². The Morgan fingerprint density at radius 1 is 0.875 bits per heavy atom. The molecule has 0 amide bonds. The second-order valence-electron chi connectivity index (χ2n) is 4.81. The van der Waals surface area contributed by atoms with E-state index in [0.717, 1.165) is 25.7 Å². The molecule has 2 atom stereocenters. The molecule has 90 valence electrons. The van der Waals surface area contributed by atoms with E-state index in [4.69, 9.17) is 0 Å². The molecule has 2 aliphatic carbocycles. The standard InChI is InChI=1S/C13H17F3/c14-13(15,16)12-9-5-4-8-11(12)10-6-2-1-3-7-10/h4-5,8-12H,1-3,6-7H2. The van der Waals surface area contributed by atoms with Crippen molar-refractivity contribution in [2.45, 2.75) is 38.3 Å². The average molecular weight is 230 g/mol. The van der Waals surface area contributed by atoms with Gasteiger partial charge in [-0.15, -0.1) is 0 Å². The summed E-state index contributed by atoms with van der Waals surface area (Å²) in [7, 11) is 0. The number of rotatable bonds is 1. The van der Waals surface area contributed by atoms with Crippen LogP contribution in [0.25, 0.3) is 0 Å². The first-order chi connectivity index (χ1) is 7.59. The third kappa shape index (κ3) is 2.50. The van der Waals surface area contributed by atoms with Gasteiger partial charge >= 0.3 is 6.18 Å². The first kappa shape index (κ1) is 11.7. The molecule has 0 aliphatic heterocycles. The monoisotopic (exact) mass is 230 g/mol. The van der Waals surface area contributed by atoms with Crippen molar-refractivity contribution >= 4 is 0 Å². The van der Waals surface area contributed by atoms with E-state index in [2.05, 4.69) is 0 Å². The summed E-state index contributed by atoms with van der Waals surface area (Å²) in [5.41, 5.74) is 0. The van der Waals surface area contributed by atoms with Crippen LogP contribution in [0.5, 0.6) is 0 Å². The van der Waals surface area contributed by atoms with Crippen molar-refractivity contribution in [3.8, 4) is 0 Å². The van der Waals surface area contributed by atoms with E-state index in [0.29, 0.717) is 0 Å². The highest BCUT2D eigenvalue weighted by atomic mass is 19.4. The van der Waals surface area contributed by atoms with E-state index in [1.54, 1.807) is 12.2 Å². The minimum Gasteiger partial charge on any atom is -0.170 e. The Kier molecular flexibility index (Phi) is 3.41. The fourth-order valence-electron chi connectivity index (χ4n) is 2.92. The van der Waals surface area contributed by atoms with Gasteiger partial charge in [-0.3, -0.25) is 0 Å². The topological polar surface area (TPSA) is 0 Å². The molecule has 0 spiro atoms. The number of alkyl halides is 3. The third-order valence-corrected chi connectivity index (χ3v) is 3.75. The molecule has 1 saturated carbocycles. The number of halogens is 3. The Bertz CT molecular complexity index is 282. The van der Waals surface area contributed by atoms with Crippen molar-refractivity contribution in [1.82, 2.24) is 0 Å². The lowest BCUT2D eigenvalue weighted by atomic mass is 9.72. The molecule has 16 heavy (non-hydrogen) atoms. The molecule has 0 aromatic heterocycles. The van der Waals surface area contributed by atoms with Crippen LogP contribution in [-0.4, -0.2) is 6.18 Å². The second-order valence-corrected chi connectivity index (χ2v) is 4.81. The third-order valence-electron chi connectivity index (χ3n) is 3.75. The van der Waals surface area contributed by atoms with E-state index >= 15 is 0 Å². The lowest BCUT2D eigenvalue weighted by molar-refractivity contribution is -0.175. The zero-order valence-electron chi connectivity index (χ0n) is 9.21. The molecule has 2 unspecified atom stereocenters. The summed E-state index contributed by atoms with van der Waals surface area (Å²) in [5.74, 6) is -1.37. The van der Waals surface area contributed by atoms with Gasteiger partial charge in [-0.25, -0.2) is 0 Å². The van der Waals surface area contributed by atoms with Gasteiger partial charge < -0.3 is 0 Å². The van der Waals surface area contributed by atoms with Crippen LogP contribution in [0.3, 0.4) is 0 Å². The summed E-state index contributed by atoms with van der Waals surface area (Å²) >= 11 is 0. The fourth-order valence-corrected chi connectivity index (χ4v) is 2.92. The predicted octanol–water partition coefficient (Wildman–Crippen LogP) is 4.49. The molecule has 0 aromatic rings. The molecule has 0 bridgehead atoms. The van der Waals surface area contributed by atoms with Crippen molar-refractivity contribution in [1.29, 1.82) is 0 Å². The van der Waals surface area contributed by atoms with Crippen LogP contribution < -0.4 is 0 Å².